The predicted molar refractivity (Wildman–Crippen MR) is 296 cm³/mol. The van der Waals surface area contributed by atoms with Gasteiger partial charge in [-0.1, -0.05) is 242 Å². The maximum Gasteiger partial charge on any atom is 0.305 e. The van der Waals surface area contributed by atoms with Crippen LogP contribution in [-0.4, -0.2) is 47.4 Å². The van der Waals surface area contributed by atoms with E-state index in [0.717, 1.165) is 96.3 Å². The van der Waals surface area contributed by atoms with E-state index in [1.54, 1.807) is 6.08 Å². The first-order valence-corrected chi connectivity index (χ1v) is 29.6. The number of ether oxygens (including phenoxy) is 1. The minimum atomic E-state index is -0.857. The number of unbranched alkanes of at least 4 members (excludes halogenated alkanes) is 35. The Morgan fingerprint density at radius 3 is 1.15 bits per heavy atom. The highest BCUT2D eigenvalue weighted by Gasteiger charge is 2.18. The highest BCUT2D eigenvalue weighted by atomic mass is 16.5. The summed E-state index contributed by atoms with van der Waals surface area (Å²) in [4.78, 5) is 24.5. The average Bonchev–Trinajstić information content (AvgIpc) is 3.34. The monoisotopic (exact) mass is 952 g/mol. The van der Waals surface area contributed by atoms with Crippen LogP contribution in [0.5, 0.6) is 0 Å². The molecule has 6 heteroatoms. The zero-order valence-electron chi connectivity index (χ0n) is 45.1. The number of nitrogens with one attached hydrogen (secondary N) is 1. The van der Waals surface area contributed by atoms with Gasteiger partial charge in [-0.2, -0.15) is 0 Å². The fourth-order valence-electron chi connectivity index (χ4n) is 8.69. The third kappa shape index (κ3) is 52.9. The molecule has 0 aliphatic rings. The van der Waals surface area contributed by atoms with Crippen molar-refractivity contribution in [3.05, 3.63) is 60.8 Å². The molecule has 0 aromatic heterocycles. The lowest BCUT2D eigenvalue weighted by Crippen LogP contribution is -2.45. The zero-order chi connectivity index (χ0) is 49.3. The Balaban J connectivity index is 3.55. The van der Waals surface area contributed by atoms with Crippen molar-refractivity contribution in [1.29, 1.82) is 0 Å². The largest absolute Gasteiger partial charge is 0.466 e. The third-order valence-corrected chi connectivity index (χ3v) is 13.3. The van der Waals surface area contributed by atoms with Crippen molar-refractivity contribution in [1.82, 2.24) is 5.32 Å². The zero-order valence-corrected chi connectivity index (χ0v) is 45.1. The second-order valence-electron chi connectivity index (χ2n) is 20.0. The van der Waals surface area contributed by atoms with Crippen molar-refractivity contribution < 1.29 is 24.5 Å². The number of carbonyl (C=O) groups excluding carboxylic acids is 2. The Labute approximate surface area is 422 Å². The fraction of sp³-hybridized carbons (Fsp3) is 0.806. The third-order valence-electron chi connectivity index (χ3n) is 13.3. The quantitative estimate of drug-likeness (QED) is 0.0321. The Bertz CT molecular complexity index is 1190. The lowest BCUT2D eigenvalue weighted by Gasteiger charge is -2.20. The molecule has 0 saturated carbocycles. The number of aliphatic hydroxyl groups excluding tert-OH is 2. The molecule has 0 aromatic rings. The number of carbonyl (C=O) groups is 2. The Hall–Kier alpha value is -2.44. The molecule has 0 aromatic carbocycles. The Morgan fingerprint density at radius 2 is 0.735 bits per heavy atom. The van der Waals surface area contributed by atoms with Crippen LogP contribution in [0.1, 0.15) is 296 Å². The van der Waals surface area contributed by atoms with Crippen molar-refractivity contribution in [3.8, 4) is 0 Å². The number of amides is 1. The summed E-state index contributed by atoms with van der Waals surface area (Å²) in [6.45, 7) is 4.83. The summed E-state index contributed by atoms with van der Waals surface area (Å²) in [6.07, 6.45) is 73.8. The van der Waals surface area contributed by atoms with E-state index in [0.29, 0.717) is 19.4 Å². The molecule has 0 aliphatic heterocycles. The van der Waals surface area contributed by atoms with E-state index in [1.807, 2.05) is 6.08 Å². The molecule has 0 saturated heterocycles. The number of rotatable bonds is 54. The van der Waals surface area contributed by atoms with Gasteiger partial charge in [0.1, 0.15) is 0 Å². The number of hydrogen-bond acceptors (Lipinski definition) is 5. The normalized spacial score (nSPS) is 13.1. The molecule has 0 heterocycles. The molecule has 2 unspecified atom stereocenters. The molecule has 0 rings (SSSR count). The van der Waals surface area contributed by atoms with Crippen molar-refractivity contribution in [2.75, 3.05) is 13.2 Å². The van der Waals surface area contributed by atoms with Crippen molar-refractivity contribution >= 4 is 11.9 Å². The number of aliphatic hydroxyl groups is 2. The van der Waals surface area contributed by atoms with Gasteiger partial charge in [-0.05, 0) is 103 Å². The van der Waals surface area contributed by atoms with E-state index < -0.39 is 12.1 Å². The van der Waals surface area contributed by atoms with Crippen molar-refractivity contribution in [2.45, 2.75) is 309 Å². The Morgan fingerprint density at radius 1 is 0.412 bits per heavy atom. The van der Waals surface area contributed by atoms with Gasteiger partial charge in [0.25, 0.3) is 0 Å². The topological polar surface area (TPSA) is 95.9 Å². The van der Waals surface area contributed by atoms with E-state index in [4.69, 9.17) is 4.74 Å². The summed E-state index contributed by atoms with van der Waals surface area (Å²) in [6, 6.07) is -0.642. The van der Waals surface area contributed by atoms with Crippen LogP contribution in [0.2, 0.25) is 0 Å². The first kappa shape index (κ1) is 65.6. The van der Waals surface area contributed by atoms with Crippen molar-refractivity contribution in [2.24, 2.45) is 0 Å². The molecule has 396 valence electrons. The van der Waals surface area contributed by atoms with Gasteiger partial charge in [-0.15, -0.1) is 0 Å². The van der Waals surface area contributed by atoms with Crippen LogP contribution < -0.4 is 5.32 Å². The van der Waals surface area contributed by atoms with Gasteiger partial charge in [0.15, 0.2) is 0 Å². The van der Waals surface area contributed by atoms with Gasteiger partial charge in [0.05, 0.1) is 25.4 Å². The fourth-order valence-corrected chi connectivity index (χ4v) is 8.69. The summed E-state index contributed by atoms with van der Waals surface area (Å²) in [5, 5.41) is 23.1. The van der Waals surface area contributed by atoms with Gasteiger partial charge in [-0.25, -0.2) is 0 Å². The number of hydrogen-bond donors (Lipinski definition) is 3. The molecule has 0 radical (unpaired) electrons. The molecule has 0 spiro atoms. The standard InChI is InChI=1S/C62H113NO5/c1-3-5-7-9-11-13-15-17-19-20-21-23-27-30-34-38-42-46-50-54-60(65)59(58-64)63-61(66)55-51-47-43-39-35-31-28-24-22-25-29-33-37-41-45-49-53-57-68-62(67)56-52-48-44-40-36-32-26-18-16-14-12-10-8-6-4-2/h12,14,18,22,25-26,33,37,50,54,59-60,64-65H,3-11,13,15-17,19-21,23-24,27-32,34-36,38-49,51-53,55-58H2,1-2H3,(H,63,66)/b14-12-,25-22-,26-18-,37-33-,54-50+. The van der Waals surface area contributed by atoms with Crippen LogP contribution in [0.25, 0.3) is 0 Å². The summed E-state index contributed by atoms with van der Waals surface area (Å²) < 4.78 is 5.44. The summed E-state index contributed by atoms with van der Waals surface area (Å²) in [7, 11) is 0. The maximum absolute atomic E-state index is 12.5. The first-order valence-electron chi connectivity index (χ1n) is 29.6. The smallest absolute Gasteiger partial charge is 0.305 e. The molecular weight excluding hydrogens is 839 g/mol. The van der Waals surface area contributed by atoms with E-state index in [2.05, 4.69) is 67.8 Å². The van der Waals surface area contributed by atoms with Gasteiger partial charge in [-0.3, -0.25) is 9.59 Å². The van der Waals surface area contributed by atoms with Crippen LogP contribution in [-0.2, 0) is 14.3 Å². The lowest BCUT2D eigenvalue weighted by molar-refractivity contribution is -0.143. The first-order chi connectivity index (χ1) is 33.5. The molecule has 6 nitrogen and oxygen atoms in total. The van der Waals surface area contributed by atoms with Crippen LogP contribution in [0, 0.1) is 0 Å². The molecule has 3 N–H and O–H groups in total. The van der Waals surface area contributed by atoms with E-state index in [1.165, 1.54) is 173 Å². The molecule has 0 aliphatic carbocycles. The number of allylic oxidation sites excluding steroid dienone is 9. The van der Waals surface area contributed by atoms with Gasteiger partial charge < -0.3 is 20.3 Å². The molecule has 1 amide bonds. The predicted octanol–water partition coefficient (Wildman–Crippen LogP) is 18.4. The molecule has 2 atom stereocenters. The second kappa shape index (κ2) is 57.1. The molecule has 68 heavy (non-hydrogen) atoms. The van der Waals surface area contributed by atoms with Gasteiger partial charge in [0, 0.05) is 12.8 Å². The molecule has 0 fully saturated rings. The van der Waals surface area contributed by atoms with Crippen LogP contribution >= 0.6 is 0 Å². The summed E-state index contributed by atoms with van der Waals surface area (Å²) in [5.74, 6) is -0.115. The second-order valence-corrected chi connectivity index (χ2v) is 20.0. The van der Waals surface area contributed by atoms with Crippen LogP contribution in [0.3, 0.4) is 0 Å². The van der Waals surface area contributed by atoms with E-state index in [-0.39, 0.29) is 18.5 Å². The van der Waals surface area contributed by atoms with Crippen molar-refractivity contribution in [3.63, 3.8) is 0 Å². The maximum atomic E-state index is 12.5. The van der Waals surface area contributed by atoms with Crippen LogP contribution in [0.4, 0.5) is 0 Å². The summed E-state index contributed by atoms with van der Waals surface area (Å²) >= 11 is 0. The highest BCUT2D eigenvalue weighted by Crippen LogP contribution is 2.16. The minimum Gasteiger partial charge on any atom is -0.466 e. The SMILES string of the molecule is CCCCC/C=C\C/C=C\CCCCCCCC(=O)OCCCCC/C=C\C/C=C\CCCCCCCCCC(=O)NC(CO)C(O)/C=C/CCCCCCCCCCCCCCCCCCC. The average molecular weight is 953 g/mol. The molecular formula is C62H113NO5. The van der Waals surface area contributed by atoms with E-state index in [9.17, 15) is 19.8 Å². The van der Waals surface area contributed by atoms with Crippen LogP contribution in [0.15, 0.2) is 60.8 Å². The highest BCUT2D eigenvalue weighted by molar-refractivity contribution is 5.76. The molecule has 0 bridgehead atoms. The number of esters is 1. The van der Waals surface area contributed by atoms with E-state index >= 15 is 0 Å². The Kier molecular flexibility index (Phi) is 55.1. The van der Waals surface area contributed by atoms with Gasteiger partial charge >= 0.3 is 5.97 Å². The minimum absolute atomic E-state index is 0.0310. The summed E-state index contributed by atoms with van der Waals surface area (Å²) in [5.41, 5.74) is 0. The van der Waals surface area contributed by atoms with Gasteiger partial charge in [0.2, 0.25) is 5.91 Å². The lowest BCUT2D eigenvalue weighted by atomic mass is 10.0.